The maximum Gasteiger partial charge on any atom is 0.277 e. The monoisotopic (exact) mass is 448 g/mol. The van der Waals surface area contributed by atoms with E-state index in [0.717, 1.165) is 22.9 Å². The van der Waals surface area contributed by atoms with Gasteiger partial charge in [0.05, 0.1) is 12.8 Å². The molecule has 0 saturated heterocycles. The Hall–Kier alpha value is -3.54. The Kier molecular flexibility index (Phi) is 9.58. The Labute approximate surface area is 195 Å². The summed E-state index contributed by atoms with van der Waals surface area (Å²) in [6.45, 7) is 2.76. The molecule has 0 unspecified atom stereocenters. The second-order valence-electron chi connectivity index (χ2n) is 7.89. The van der Waals surface area contributed by atoms with Crippen LogP contribution in [0.15, 0.2) is 65.8 Å². The molecule has 0 aliphatic rings. The van der Waals surface area contributed by atoms with Crippen molar-refractivity contribution in [1.82, 2.24) is 5.43 Å². The van der Waals surface area contributed by atoms with E-state index in [1.54, 1.807) is 18.2 Å². The van der Waals surface area contributed by atoms with Crippen LogP contribution in [0.2, 0.25) is 0 Å². The first kappa shape index (κ1) is 24.1. The zero-order valence-electron chi connectivity index (χ0n) is 19.1. The minimum atomic E-state index is -0.394. The van der Waals surface area contributed by atoms with Crippen molar-refractivity contribution in [3.8, 4) is 17.2 Å². The van der Waals surface area contributed by atoms with E-state index < -0.39 is 5.91 Å². The quantitative estimate of drug-likeness (QED) is 0.196. The molecule has 174 valence electrons. The first-order valence-electron chi connectivity index (χ1n) is 11.6. The van der Waals surface area contributed by atoms with Gasteiger partial charge in [0, 0.05) is 5.56 Å². The molecule has 3 aromatic rings. The number of fused-ring (bicyclic) bond motifs is 1. The van der Waals surface area contributed by atoms with Gasteiger partial charge in [-0.2, -0.15) is 5.10 Å². The predicted octanol–water partition coefficient (Wildman–Crippen LogP) is 5.81. The highest BCUT2D eigenvalue weighted by Crippen LogP contribution is 2.25. The molecule has 3 aromatic carbocycles. The van der Waals surface area contributed by atoms with Crippen LogP contribution in [0.5, 0.6) is 17.2 Å². The first-order chi connectivity index (χ1) is 16.2. The van der Waals surface area contributed by atoms with Crippen molar-refractivity contribution in [1.29, 1.82) is 0 Å². The Morgan fingerprint density at radius 1 is 0.909 bits per heavy atom. The van der Waals surface area contributed by atoms with Crippen LogP contribution < -0.4 is 14.9 Å². The minimum absolute atomic E-state index is 0.0988. The molecule has 0 aromatic heterocycles. The summed E-state index contributed by atoms with van der Waals surface area (Å²) >= 11 is 0. The van der Waals surface area contributed by atoms with Crippen LogP contribution in [-0.2, 0) is 4.79 Å². The molecule has 2 N–H and O–H groups in total. The van der Waals surface area contributed by atoms with Crippen molar-refractivity contribution < 1.29 is 19.4 Å². The van der Waals surface area contributed by atoms with Gasteiger partial charge in [0.1, 0.15) is 17.2 Å². The lowest BCUT2D eigenvalue weighted by Gasteiger charge is -2.08. The molecule has 0 aliphatic carbocycles. The van der Waals surface area contributed by atoms with Gasteiger partial charge >= 0.3 is 0 Å². The van der Waals surface area contributed by atoms with Crippen molar-refractivity contribution in [3.63, 3.8) is 0 Å². The summed E-state index contributed by atoms with van der Waals surface area (Å²) in [7, 11) is 0. The Morgan fingerprint density at radius 2 is 1.61 bits per heavy atom. The molecule has 6 heteroatoms. The summed E-state index contributed by atoms with van der Waals surface area (Å²) in [5, 5.41) is 15.9. The van der Waals surface area contributed by atoms with Crippen LogP contribution in [0.25, 0.3) is 10.8 Å². The second kappa shape index (κ2) is 13.1. The summed E-state index contributed by atoms with van der Waals surface area (Å²) in [5.41, 5.74) is 2.97. The normalized spacial score (nSPS) is 11.1. The van der Waals surface area contributed by atoms with Gasteiger partial charge in [-0.15, -0.1) is 0 Å². The summed E-state index contributed by atoms with van der Waals surface area (Å²) < 4.78 is 11.3. The van der Waals surface area contributed by atoms with Gasteiger partial charge in [-0.25, -0.2) is 5.43 Å². The number of amides is 1. The Bertz CT molecular complexity index is 1050. The van der Waals surface area contributed by atoms with Crippen LogP contribution >= 0.6 is 0 Å². The zero-order valence-corrected chi connectivity index (χ0v) is 19.1. The highest BCUT2D eigenvalue weighted by atomic mass is 16.5. The molecule has 33 heavy (non-hydrogen) atoms. The fraction of sp³-hybridized carbons (Fsp3) is 0.333. The summed E-state index contributed by atoms with van der Waals surface area (Å²) in [5.74, 6) is 1.07. The first-order valence-corrected chi connectivity index (χ1v) is 11.6. The molecule has 0 fully saturated rings. The molecule has 0 saturated carbocycles. The zero-order chi connectivity index (χ0) is 23.3. The fourth-order valence-corrected chi connectivity index (χ4v) is 3.47. The van der Waals surface area contributed by atoms with Gasteiger partial charge in [0.15, 0.2) is 6.61 Å². The summed E-state index contributed by atoms with van der Waals surface area (Å²) in [6, 6.07) is 18.3. The summed E-state index contributed by atoms with van der Waals surface area (Å²) in [4.78, 5) is 12.1. The van der Waals surface area contributed by atoms with Crippen molar-refractivity contribution in [3.05, 3.63) is 66.2 Å². The van der Waals surface area contributed by atoms with Gasteiger partial charge in [-0.3, -0.25) is 4.79 Å². The number of rotatable bonds is 13. The van der Waals surface area contributed by atoms with Gasteiger partial charge in [-0.05, 0) is 47.5 Å². The number of nitrogens with zero attached hydrogens (tertiary/aromatic N) is 1. The Morgan fingerprint density at radius 3 is 2.39 bits per heavy atom. The largest absolute Gasteiger partial charge is 0.507 e. The number of carbonyl (C=O) groups excluding carboxylic acids is 1. The number of phenols is 1. The van der Waals surface area contributed by atoms with Crippen molar-refractivity contribution in [2.45, 2.75) is 45.4 Å². The number of carbonyl (C=O) groups is 1. The lowest BCUT2D eigenvalue weighted by atomic mass is 10.0. The molecule has 0 aliphatic heterocycles. The number of hydrogen-bond donors (Lipinski definition) is 2. The van der Waals surface area contributed by atoms with E-state index in [0.29, 0.717) is 17.9 Å². The van der Waals surface area contributed by atoms with Crippen LogP contribution in [-0.4, -0.2) is 30.4 Å². The number of hydrazone groups is 1. The van der Waals surface area contributed by atoms with E-state index in [1.165, 1.54) is 38.3 Å². The molecular formula is C27H32N2O4. The van der Waals surface area contributed by atoms with Crippen LogP contribution in [0.1, 0.15) is 51.0 Å². The molecule has 0 heterocycles. The van der Waals surface area contributed by atoms with Crippen LogP contribution in [0.3, 0.4) is 0 Å². The van der Waals surface area contributed by atoms with Crippen molar-refractivity contribution in [2.24, 2.45) is 5.10 Å². The maximum atomic E-state index is 12.1. The third kappa shape index (κ3) is 7.83. The molecule has 6 nitrogen and oxygen atoms in total. The number of nitrogens with one attached hydrogen (secondary N) is 1. The van der Waals surface area contributed by atoms with Gasteiger partial charge in [0.2, 0.25) is 0 Å². The Balaban J connectivity index is 1.39. The summed E-state index contributed by atoms with van der Waals surface area (Å²) in [6.07, 6.45) is 8.81. The standard InChI is InChI=1S/C27H32N2O4/c1-2-3-4-5-6-9-18-32-22-13-15-23(16-14-22)33-20-27(31)29-28-19-25-24-11-8-7-10-21(24)12-17-26(25)30/h7-8,10-17,19,30H,2-6,9,18,20H2,1H3,(H,29,31)/b28-19-. The van der Waals surface area contributed by atoms with E-state index in [9.17, 15) is 9.90 Å². The van der Waals surface area contributed by atoms with Gasteiger partial charge in [0.25, 0.3) is 5.91 Å². The third-order valence-corrected chi connectivity index (χ3v) is 5.29. The number of unbranched alkanes of at least 4 members (excludes halogenated alkanes) is 5. The van der Waals surface area contributed by atoms with E-state index in [2.05, 4.69) is 17.5 Å². The fourth-order valence-electron chi connectivity index (χ4n) is 3.47. The number of hydrogen-bond acceptors (Lipinski definition) is 5. The van der Waals surface area contributed by atoms with E-state index in [1.807, 2.05) is 42.5 Å². The van der Waals surface area contributed by atoms with E-state index in [-0.39, 0.29) is 12.4 Å². The van der Waals surface area contributed by atoms with E-state index >= 15 is 0 Å². The number of phenolic OH excluding ortho intramolecular Hbond substituents is 1. The predicted molar refractivity (Wildman–Crippen MR) is 132 cm³/mol. The maximum absolute atomic E-state index is 12.1. The lowest BCUT2D eigenvalue weighted by molar-refractivity contribution is -0.123. The SMILES string of the molecule is CCCCCCCCOc1ccc(OCC(=O)N/N=C\c2c(O)ccc3ccccc23)cc1. The average Bonchev–Trinajstić information content (AvgIpc) is 2.84. The minimum Gasteiger partial charge on any atom is -0.507 e. The highest BCUT2D eigenvalue weighted by molar-refractivity contribution is 6.02. The highest BCUT2D eigenvalue weighted by Gasteiger charge is 2.06. The van der Waals surface area contributed by atoms with Crippen molar-refractivity contribution >= 4 is 22.9 Å². The molecule has 0 atom stereocenters. The third-order valence-electron chi connectivity index (χ3n) is 5.29. The molecule has 0 radical (unpaired) electrons. The van der Waals surface area contributed by atoms with Crippen LogP contribution in [0, 0.1) is 0 Å². The van der Waals surface area contributed by atoms with E-state index in [4.69, 9.17) is 9.47 Å². The average molecular weight is 449 g/mol. The molecule has 1 amide bonds. The molecule has 0 spiro atoms. The van der Waals surface area contributed by atoms with Gasteiger partial charge < -0.3 is 14.6 Å². The van der Waals surface area contributed by atoms with Crippen LogP contribution in [0.4, 0.5) is 0 Å². The second-order valence-corrected chi connectivity index (χ2v) is 7.89. The number of aromatic hydroxyl groups is 1. The number of ether oxygens (including phenoxy) is 2. The topological polar surface area (TPSA) is 80.2 Å². The molecular weight excluding hydrogens is 416 g/mol. The van der Waals surface area contributed by atoms with Gasteiger partial charge in [-0.1, -0.05) is 69.4 Å². The molecule has 0 bridgehead atoms. The van der Waals surface area contributed by atoms with Crippen molar-refractivity contribution in [2.75, 3.05) is 13.2 Å². The lowest BCUT2D eigenvalue weighted by Crippen LogP contribution is -2.24. The number of benzene rings is 3. The smallest absolute Gasteiger partial charge is 0.277 e. The molecule has 3 rings (SSSR count).